The summed E-state index contributed by atoms with van der Waals surface area (Å²) in [5.41, 5.74) is -0.739. The number of halogens is 2. The van der Waals surface area contributed by atoms with Gasteiger partial charge in [-0.1, -0.05) is 0 Å². The maximum Gasteiger partial charge on any atom is 0.332 e. The van der Waals surface area contributed by atoms with Crippen molar-refractivity contribution in [1.82, 2.24) is 33.9 Å². The number of rotatable bonds is 9. The molecule has 0 spiro atoms. The highest BCUT2D eigenvalue weighted by Crippen LogP contribution is 2.60. The molecule has 3 aromatic heterocycles. The standard InChI is InChI=1S/C26H29F2N9O5S/c1-13(37-12-29-20-19(37)23(40)36(24(41)34(20)3)7-15(38)10-42-4)21(39)32-18-11-43-22(33-18)14-5-30-25(2,31-6-14)35-8-16-17(9-35)26(16,27)28/h5-6,11-13,16-17,30H,7-10H2,1-4H3,(H,32,39)/t13-,16?,17?,25?/m0/s1. The van der Waals surface area contributed by atoms with Gasteiger partial charge in [0.05, 0.1) is 12.9 Å². The van der Waals surface area contributed by atoms with Gasteiger partial charge in [0.25, 0.3) is 11.5 Å². The Bertz CT molecular complexity index is 1810. The third kappa shape index (κ3) is 4.80. The lowest BCUT2D eigenvalue weighted by atomic mass is 10.2. The number of aromatic nitrogens is 5. The molecule has 3 aliphatic rings. The maximum absolute atomic E-state index is 13.6. The third-order valence-electron chi connectivity index (χ3n) is 8.27. The van der Waals surface area contributed by atoms with E-state index in [1.807, 2.05) is 11.8 Å². The van der Waals surface area contributed by atoms with E-state index in [0.717, 1.165) is 9.13 Å². The molecule has 3 unspecified atom stereocenters. The van der Waals surface area contributed by atoms with Gasteiger partial charge in [-0.05, 0) is 13.8 Å². The molecule has 43 heavy (non-hydrogen) atoms. The van der Waals surface area contributed by atoms with Gasteiger partial charge in [-0.3, -0.25) is 33.4 Å². The Morgan fingerprint density at radius 1 is 1.28 bits per heavy atom. The Morgan fingerprint density at radius 3 is 2.65 bits per heavy atom. The third-order valence-corrected chi connectivity index (χ3v) is 9.16. The first-order valence-corrected chi connectivity index (χ1v) is 14.3. The first kappa shape index (κ1) is 29.0. The molecule has 1 saturated heterocycles. The van der Waals surface area contributed by atoms with E-state index >= 15 is 0 Å². The van der Waals surface area contributed by atoms with Crippen LogP contribution in [0.2, 0.25) is 0 Å². The van der Waals surface area contributed by atoms with E-state index in [0.29, 0.717) is 10.6 Å². The number of nitrogens with one attached hydrogen (secondary N) is 2. The van der Waals surface area contributed by atoms with E-state index in [2.05, 4.69) is 25.6 Å². The second kappa shape index (κ2) is 10.3. The number of fused-ring (bicyclic) bond motifs is 2. The molecule has 5 heterocycles. The van der Waals surface area contributed by atoms with Crippen molar-refractivity contribution in [3.63, 3.8) is 0 Å². The van der Waals surface area contributed by atoms with Gasteiger partial charge < -0.3 is 19.9 Å². The van der Waals surface area contributed by atoms with Gasteiger partial charge in [0.15, 0.2) is 22.7 Å². The van der Waals surface area contributed by atoms with Gasteiger partial charge in [-0.2, -0.15) is 0 Å². The van der Waals surface area contributed by atoms with Crippen LogP contribution in [0.1, 0.15) is 24.9 Å². The lowest BCUT2D eigenvalue weighted by Gasteiger charge is -2.38. The normalized spacial score (nSPS) is 24.8. The van der Waals surface area contributed by atoms with Crippen LogP contribution >= 0.6 is 11.3 Å². The molecular weight excluding hydrogens is 588 g/mol. The summed E-state index contributed by atoms with van der Waals surface area (Å²) in [6.07, 6.45) is 4.66. The van der Waals surface area contributed by atoms with E-state index in [4.69, 9.17) is 4.74 Å². The van der Waals surface area contributed by atoms with Crippen molar-refractivity contribution in [3.05, 3.63) is 43.8 Å². The Kier molecular flexibility index (Phi) is 6.93. The molecule has 4 atom stereocenters. The number of hydrogen-bond donors (Lipinski definition) is 2. The number of imidazole rings is 1. The van der Waals surface area contributed by atoms with Crippen LogP contribution in [0, 0.1) is 11.8 Å². The zero-order valence-electron chi connectivity index (χ0n) is 23.7. The minimum atomic E-state index is -2.57. The molecule has 1 saturated carbocycles. The van der Waals surface area contributed by atoms with Crippen molar-refractivity contribution >= 4 is 51.8 Å². The number of thiazole rings is 1. The summed E-state index contributed by atoms with van der Waals surface area (Å²) in [6, 6.07) is -0.930. The van der Waals surface area contributed by atoms with Crippen molar-refractivity contribution < 1.29 is 23.1 Å². The molecule has 2 aliphatic heterocycles. The molecular formula is C26H29F2N9O5S. The minimum absolute atomic E-state index is 0.00865. The van der Waals surface area contributed by atoms with Crippen LogP contribution in [0.25, 0.3) is 16.7 Å². The summed E-state index contributed by atoms with van der Waals surface area (Å²) in [7, 11) is 2.76. The fourth-order valence-electron chi connectivity index (χ4n) is 5.56. The zero-order valence-corrected chi connectivity index (χ0v) is 24.5. The number of allylic oxidation sites excluding steroid dienone is 1. The maximum atomic E-state index is 13.6. The fourth-order valence-corrected chi connectivity index (χ4v) is 6.30. The van der Waals surface area contributed by atoms with Crippen molar-refractivity contribution in [2.24, 2.45) is 23.9 Å². The molecule has 3 aromatic rings. The minimum Gasteiger partial charge on any atom is -0.377 e. The number of likely N-dealkylation sites (tertiary alicyclic amines) is 1. The second-order valence-corrected chi connectivity index (χ2v) is 11.9. The number of anilines is 1. The number of amides is 1. The van der Waals surface area contributed by atoms with Crippen molar-refractivity contribution in [3.8, 4) is 0 Å². The van der Waals surface area contributed by atoms with Crippen LogP contribution in [0.3, 0.4) is 0 Å². The molecule has 2 N–H and O–H groups in total. The highest BCUT2D eigenvalue weighted by atomic mass is 32.1. The number of nitrogens with zero attached hydrogens (tertiary/aromatic N) is 7. The number of methoxy groups -OCH3 is 1. The topological polar surface area (TPSA) is 158 Å². The highest BCUT2D eigenvalue weighted by Gasteiger charge is 2.72. The van der Waals surface area contributed by atoms with Gasteiger partial charge in [0, 0.05) is 62.5 Å². The summed E-state index contributed by atoms with van der Waals surface area (Å²) in [5, 5.41) is 8.16. The zero-order chi connectivity index (χ0) is 30.8. The lowest BCUT2D eigenvalue weighted by molar-refractivity contribution is -0.123. The van der Waals surface area contributed by atoms with Crippen molar-refractivity contribution in [2.75, 3.05) is 32.1 Å². The van der Waals surface area contributed by atoms with Crippen molar-refractivity contribution in [1.29, 1.82) is 0 Å². The van der Waals surface area contributed by atoms with E-state index in [1.165, 1.54) is 36.4 Å². The predicted octanol–water partition coefficient (Wildman–Crippen LogP) is 0.654. The number of alkyl halides is 2. The average Bonchev–Trinajstić information content (AvgIpc) is 3.56. The summed E-state index contributed by atoms with van der Waals surface area (Å²) >= 11 is 1.28. The van der Waals surface area contributed by atoms with Crippen LogP contribution in [-0.4, -0.2) is 85.0 Å². The number of carbonyl (C=O) groups is 2. The van der Waals surface area contributed by atoms with Gasteiger partial charge in [-0.15, -0.1) is 11.3 Å². The summed E-state index contributed by atoms with van der Waals surface area (Å²) in [4.78, 5) is 66.4. The van der Waals surface area contributed by atoms with E-state index < -0.39 is 59.1 Å². The molecule has 1 aliphatic carbocycles. The van der Waals surface area contributed by atoms with Gasteiger partial charge in [0.2, 0.25) is 5.91 Å². The molecule has 14 nitrogen and oxygen atoms in total. The van der Waals surface area contributed by atoms with Crippen LogP contribution in [0.15, 0.2) is 32.5 Å². The molecule has 1 amide bonds. The molecule has 0 bridgehead atoms. The number of aryl methyl sites for hydroxylation is 1. The van der Waals surface area contributed by atoms with Gasteiger partial charge >= 0.3 is 5.69 Å². The number of aliphatic imine (C=N–C) groups is 1. The largest absolute Gasteiger partial charge is 0.377 e. The fraction of sp³-hybridized carbons (Fsp3) is 0.500. The van der Waals surface area contributed by atoms with Gasteiger partial charge in [-0.25, -0.2) is 23.5 Å². The van der Waals surface area contributed by atoms with Crippen LogP contribution in [0.4, 0.5) is 14.6 Å². The smallest absolute Gasteiger partial charge is 0.332 e. The summed E-state index contributed by atoms with van der Waals surface area (Å²) in [6.45, 7) is 3.20. The Morgan fingerprint density at radius 2 is 2.00 bits per heavy atom. The van der Waals surface area contributed by atoms with Crippen LogP contribution < -0.4 is 21.9 Å². The van der Waals surface area contributed by atoms with E-state index in [-0.39, 0.29) is 36.7 Å². The molecule has 0 radical (unpaired) electrons. The predicted molar refractivity (Wildman–Crippen MR) is 153 cm³/mol. The number of hydrogen-bond acceptors (Lipinski definition) is 11. The molecule has 228 valence electrons. The number of carbonyl (C=O) groups excluding carboxylic acids is 2. The number of piperidine rings is 1. The van der Waals surface area contributed by atoms with Crippen LogP contribution in [0.5, 0.6) is 0 Å². The number of Topliss-reactive ketones (excluding diaryl/α,β-unsaturated/α-hetero) is 1. The molecule has 6 rings (SSSR count). The monoisotopic (exact) mass is 617 g/mol. The van der Waals surface area contributed by atoms with E-state index in [1.54, 1.807) is 24.7 Å². The second-order valence-electron chi connectivity index (χ2n) is 11.0. The lowest BCUT2D eigenvalue weighted by Crippen LogP contribution is -2.55. The quantitative estimate of drug-likeness (QED) is 0.352. The summed E-state index contributed by atoms with van der Waals surface area (Å²) < 4.78 is 35.3. The van der Waals surface area contributed by atoms with Crippen molar-refractivity contribution in [2.45, 2.75) is 38.1 Å². The average molecular weight is 618 g/mol. The SMILES string of the molecule is COCC(=O)Cn1c(=O)c2c(ncn2[C@@H](C)C(=O)Nc2csc(C3=CNC(C)(N4CC5C(C4)C5(F)F)N=C3)n2)n(C)c1=O. The number of ketones is 1. The summed E-state index contributed by atoms with van der Waals surface area (Å²) in [5.74, 6) is -5.31. The van der Waals surface area contributed by atoms with Crippen LogP contribution in [-0.2, 0) is 27.9 Å². The van der Waals surface area contributed by atoms with Gasteiger partial charge in [0.1, 0.15) is 23.5 Å². The Hall–Kier alpha value is -4.09. The Balaban J connectivity index is 1.15. The Labute approximate surface area is 246 Å². The molecule has 17 heteroatoms. The first-order valence-electron chi connectivity index (χ1n) is 13.5. The van der Waals surface area contributed by atoms with E-state index in [9.17, 15) is 28.0 Å². The first-order chi connectivity index (χ1) is 20.4. The molecule has 2 fully saturated rings. The number of ether oxygens (including phenoxy) is 1. The highest BCUT2D eigenvalue weighted by molar-refractivity contribution is 7.11. The molecule has 0 aromatic carbocycles.